The van der Waals surface area contributed by atoms with E-state index in [0.717, 1.165) is 16.9 Å². The van der Waals surface area contributed by atoms with E-state index in [0.29, 0.717) is 11.3 Å². The zero-order valence-corrected chi connectivity index (χ0v) is 17.1. The summed E-state index contributed by atoms with van der Waals surface area (Å²) in [6.45, 7) is 4.18. The van der Waals surface area contributed by atoms with Crippen LogP contribution in [0.25, 0.3) is 6.08 Å². The smallest absolute Gasteiger partial charge is 0.307 e. The van der Waals surface area contributed by atoms with Crippen molar-refractivity contribution in [2.45, 2.75) is 20.5 Å². The highest BCUT2D eigenvalue weighted by Crippen LogP contribution is 2.19. The number of hydrazone groups is 1. The largest absolute Gasteiger partial charge is 0.486 e. The van der Waals surface area contributed by atoms with E-state index in [-0.39, 0.29) is 18.1 Å². The number of nitrogens with zero attached hydrogens (tertiary/aromatic N) is 2. The molecule has 0 fully saturated rings. The number of carbonyl (C=O) groups is 1. The number of para-hydroxylation sites is 1. The van der Waals surface area contributed by atoms with Crippen molar-refractivity contribution in [1.29, 1.82) is 0 Å². The SMILES string of the molecule is Cc1cc(C)cc(OCc2ccc(C(=O)N/N=C\C=C\c3ccccc3[N+](=O)[O-])o2)c1. The standard InChI is InChI=1S/C23H21N3O5/c1-16-12-17(2)14-20(13-16)30-15-19-9-10-22(31-19)23(27)25-24-11-5-7-18-6-3-4-8-21(18)26(28)29/h3-14H,15H2,1-2H3,(H,25,27)/b7-5+,24-11-. The van der Waals surface area contributed by atoms with E-state index in [4.69, 9.17) is 9.15 Å². The van der Waals surface area contributed by atoms with Crippen molar-refractivity contribution in [1.82, 2.24) is 5.43 Å². The minimum Gasteiger partial charge on any atom is -0.486 e. The van der Waals surface area contributed by atoms with Crippen LogP contribution in [0.1, 0.15) is 33.0 Å². The van der Waals surface area contributed by atoms with Gasteiger partial charge in [-0.05, 0) is 67.5 Å². The number of amides is 1. The van der Waals surface area contributed by atoms with Crippen LogP contribution in [0.5, 0.6) is 5.75 Å². The Hall–Kier alpha value is -4.20. The lowest BCUT2D eigenvalue weighted by Gasteiger charge is -2.06. The Morgan fingerprint density at radius 1 is 1.16 bits per heavy atom. The highest BCUT2D eigenvalue weighted by molar-refractivity contribution is 5.92. The molecule has 0 bridgehead atoms. The van der Waals surface area contributed by atoms with Gasteiger partial charge in [0.15, 0.2) is 5.76 Å². The van der Waals surface area contributed by atoms with Crippen LogP contribution in [0.4, 0.5) is 5.69 Å². The number of nitro groups is 1. The molecule has 0 atom stereocenters. The number of aryl methyl sites for hydroxylation is 2. The third-order valence-electron chi connectivity index (χ3n) is 4.20. The Morgan fingerprint density at radius 3 is 2.65 bits per heavy atom. The Morgan fingerprint density at radius 2 is 1.90 bits per heavy atom. The molecule has 1 amide bonds. The summed E-state index contributed by atoms with van der Waals surface area (Å²) in [6, 6.07) is 15.4. The summed E-state index contributed by atoms with van der Waals surface area (Å²) in [5.41, 5.74) is 4.96. The maximum Gasteiger partial charge on any atom is 0.307 e. The van der Waals surface area contributed by atoms with E-state index in [1.807, 2.05) is 26.0 Å². The van der Waals surface area contributed by atoms with Crippen LogP contribution in [0.2, 0.25) is 0 Å². The molecule has 0 aliphatic rings. The van der Waals surface area contributed by atoms with Crippen molar-refractivity contribution < 1.29 is 18.9 Å². The number of furan rings is 1. The van der Waals surface area contributed by atoms with Crippen molar-refractivity contribution in [2.24, 2.45) is 5.10 Å². The monoisotopic (exact) mass is 419 g/mol. The average molecular weight is 419 g/mol. The van der Waals surface area contributed by atoms with E-state index in [2.05, 4.69) is 16.6 Å². The Balaban J connectivity index is 1.52. The third-order valence-corrected chi connectivity index (χ3v) is 4.20. The molecule has 8 nitrogen and oxygen atoms in total. The number of allylic oxidation sites excluding steroid dienone is 1. The molecule has 0 aliphatic heterocycles. The van der Waals surface area contributed by atoms with E-state index >= 15 is 0 Å². The van der Waals surface area contributed by atoms with Crippen LogP contribution in [0.15, 0.2) is 70.2 Å². The predicted octanol–water partition coefficient (Wildman–Crippen LogP) is 4.81. The van der Waals surface area contributed by atoms with Gasteiger partial charge in [0.1, 0.15) is 18.1 Å². The van der Waals surface area contributed by atoms with Gasteiger partial charge in [0.05, 0.1) is 10.5 Å². The maximum absolute atomic E-state index is 12.1. The number of benzene rings is 2. The van der Waals surface area contributed by atoms with Crippen LogP contribution in [0.3, 0.4) is 0 Å². The fraction of sp³-hybridized carbons (Fsp3) is 0.130. The van der Waals surface area contributed by atoms with Crippen molar-refractivity contribution >= 4 is 23.9 Å². The van der Waals surface area contributed by atoms with E-state index in [9.17, 15) is 14.9 Å². The van der Waals surface area contributed by atoms with Gasteiger partial charge in [-0.15, -0.1) is 0 Å². The van der Waals surface area contributed by atoms with Gasteiger partial charge in [-0.2, -0.15) is 5.10 Å². The van der Waals surface area contributed by atoms with Gasteiger partial charge in [-0.1, -0.05) is 18.2 Å². The van der Waals surface area contributed by atoms with Gasteiger partial charge < -0.3 is 9.15 Å². The minimum absolute atomic E-state index is 0.0117. The van der Waals surface area contributed by atoms with Gasteiger partial charge in [0.2, 0.25) is 0 Å². The van der Waals surface area contributed by atoms with Crippen LogP contribution in [0, 0.1) is 24.0 Å². The molecule has 158 valence electrons. The molecule has 1 aromatic heterocycles. The topological polar surface area (TPSA) is 107 Å². The van der Waals surface area contributed by atoms with Gasteiger partial charge in [-0.25, -0.2) is 5.43 Å². The molecule has 0 aliphatic carbocycles. The molecule has 0 unspecified atom stereocenters. The molecular formula is C23H21N3O5. The molecule has 3 rings (SSSR count). The lowest BCUT2D eigenvalue weighted by molar-refractivity contribution is -0.385. The number of hydrogen-bond donors (Lipinski definition) is 1. The predicted molar refractivity (Wildman–Crippen MR) is 117 cm³/mol. The van der Waals surface area contributed by atoms with Gasteiger partial charge in [-0.3, -0.25) is 14.9 Å². The first-order chi connectivity index (χ1) is 14.9. The van der Waals surface area contributed by atoms with Crippen LogP contribution >= 0.6 is 0 Å². The average Bonchev–Trinajstić information content (AvgIpc) is 3.20. The Kier molecular flexibility index (Phi) is 6.95. The molecule has 1 N–H and O–H groups in total. The van der Waals surface area contributed by atoms with Crippen LogP contribution in [-0.2, 0) is 6.61 Å². The summed E-state index contributed by atoms with van der Waals surface area (Å²) in [7, 11) is 0. The van der Waals surface area contributed by atoms with Crippen molar-refractivity contribution in [3.8, 4) is 5.75 Å². The van der Waals surface area contributed by atoms with Crippen molar-refractivity contribution in [3.05, 3.63) is 99.0 Å². The first kappa shape index (κ1) is 21.5. The van der Waals surface area contributed by atoms with E-state index in [1.165, 1.54) is 30.5 Å². The molecule has 2 aromatic carbocycles. The fourth-order valence-corrected chi connectivity index (χ4v) is 2.88. The number of ether oxygens (including phenoxy) is 1. The second kappa shape index (κ2) is 10.0. The van der Waals surface area contributed by atoms with Crippen LogP contribution in [-0.4, -0.2) is 17.0 Å². The first-order valence-corrected chi connectivity index (χ1v) is 9.45. The molecule has 1 heterocycles. The molecule has 0 saturated carbocycles. The van der Waals surface area contributed by atoms with Crippen molar-refractivity contribution in [3.63, 3.8) is 0 Å². The molecule has 0 radical (unpaired) electrons. The minimum atomic E-state index is -0.520. The fourth-order valence-electron chi connectivity index (χ4n) is 2.88. The van der Waals surface area contributed by atoms with E-state index < -0.39 is 10.8 Å². The number of nitro benzene ring substituents is 1. The number of rotatable bonds is 8. The summed E-state index contributed by atoms with van der Waals surface area (Å²) in [5, 5.41) is 14.8. The normalized spacial score (nSPS) is 11.2. The van der Waals surface area contributed by atoms with Gasteiger partial charge in [0, 0.05) is 12.3 Å². The molecular weight excluding hydrogens is 398 g/mol. The van der Waals surface area contributed by atoms with Gasteiger partial charge >= 0.3 is 5.91 Å². The maximum atomic E-state index is 12.1. The first-order valence-electron chi connectivity index (χ1n) is 9.45. The summed E-state index contributed by atoms with van der Waals surface area (Å²) in [4.78, 5) is 22.6. The summed E-state index contributed by atoms with van der Waals surface area (Å²) >= 11 is 0. The summed E-state index contributed by atoms with van der Waals surface area (Å²) in [6.07, 6.45) is 4.35. The van der Waals surface area contributed by atoms with Crippen LogP contribution < -0.4 is 10.2 Å². The van der Waals surface area contributed by atoms with E-state index in [1.54, 1.807) is 24.3 Å². The van der Waals surface area contributed by atoms with Crippen molar-refractivity contribution in [2.75, 3.05) is 0 Å². The highest BCUT2D eigenvalue weighted by atomic mass is 16.6. The summed E-state index contributed by atoms with van der Waals surface area (Å²) < 4.78 is 11.2. The quantitative estimate of drug-likeness (QED) is 0.320. The second-order valence-corrected chi connectivity index (χ2v) is 6.77. The number of carbonyl (C=O) groups excluding carboxylic acids is 1. The third kappa shape index (κ3) is 6.14. The second-order valence-electron chi connectivity index (χ2n) is 6.77. The Bertz CT molecular complexity index is 1130. The molecule has 3 aromatic rings. The molecule has 8 heteroatoms. The number of nitrogens with one attached hydrogen (secondary N) is 1. The number of hydrogen-bond acceptors (Lipinski definition) is 6. The zero-order valence-electron chi connectivity index (χ0n) is 17.1. The van der Waals surface area contributed by atoms with Gasteiger partial charge in [0.25, 0.3) is 5.69 Å². The lowest BCUT2D eigenvalue weighted by Crippen LogP contribution is -2.16. The highest BCUT2D eigenvalue weighted by Gasteiger charge is 2.11. The lowest BCUT2D eigenvalue weighted by atomic mass is 10.1. The Labute approximate surface area is 179 Å². The molecule has 31 heavy (non-hydrogen) atoms. The molecule has 0 spiro atoms. The zero-order chi connectivity index (χ0) is 22.2. The molecule has 0 saturated heterocycles. The summed E-state index contributed by atoms with van der Waals surface area (Å²) in [5.74, 6) is 0.811.